The predicted octanol–water partition coefficient (Wildman–Crippen LogP) is 4.25. The molecule has 0 fully saturated rings. The molecule has 0 aliphatic carbocycles. The molecule has 0 heterocycles. The Morgan fingerprint density at radius 1 is 1.06 bits per heavy atom. The average molecular weight is 419 g/mol. The van der Waals surface area contributed by atoms with Gasteiger partial charge in [0.25, 0.3) is 11.6 Å². The van der Waals surface area contributed by atoms with Crippen molar-refractivity contribution in [3.05, 3.63) is 99.1 Å². The number of hydrogen-bond donors (Lipinski definition) is 1. The van der Waals surface area contributed by atoms with Gasteiger partial charge in [-0.15, -0.1) is 0 Å². The second kappa shape index (κ2) is 10.0. The Kier molecular flexibility index (Phi) is 6.95. The predicted molar refractivity (Wildman–Crippen MR) is 117 cm³/mol. The lowest BCUT2D eigenvalue weighted by atomic mass is 10.1. The fourth-order valence-electron chi connectivity index (χ4n) is 2.70. The number of benzene rings is 3. The first-order chi connectivity index (χ1) is 15.0. The third-order valence-electron chi connectivity index (χ3n) is 4.42. The van der Waals surface area contributed by atoms with Gasteiger partial charge in [0.05, 0.1) is 18.2 Å². The number of hydrogen-bond acceptors (Lipinski definition) is 6. The highest BCUT2D eigenvalue weighted by Crippen LogP contribution is 2.28. The maximum atomic E-state index is 12.1. The fraction of sp³-hybridized carbons (Fsp3) is 0.130. The van der Waals surface area contributed by atoms with Crippen molar-refractivity contribution in [1.29, 1.82) is 0 Å². The molecular weight excluding hydrogens is 398 g/mol. The minimum Gasteiger partial charge on any atom is -0.493 e. The third kappa shape index (κ3) is 5.89. The molecule has 0 radical (unpaired) electrons. The van der Waals surface area contributed by atoms with Crippen molar-refractivity contribution in [3.63, 3.8) is 0 Å². The first-order valence-electron chi connectivity index (χ1n) is 9.40. The SMILES string of the molecule is COc1ccc(/C=N/NC(=O)c2ccc(C)cc2)cc1OCc1ccc([N+](=O)[O-])cc1. The van der Waals surface area contributed by atoms with Crippen LogP contribution in [0.2, 0.25) is 0 Å². The third-order valence-corrected chi connectivity index (χ3v) is 4.42. The second-order valence-corrected chi connectivity index (χ2v) is 6.69. The van der Waals surface area contributed by atoms with Gasteiger partial charge in [-0.2, -0.15) is 5.10 Å². The number of ether oxygens (including phenoxy) is 2. The van der Waals surface area contributed by atoms with Gasteiger partial charge < -0.3 is 9.47 Å². The van der Waals surface area contributed by atoms with E-state index in [1.54, 1.807) is 42.5 Å². The molecule has 0 spiro atoms. The molecule has 3 rings (SSSR count). The van der Waals surface area contributed by atoms with Crippen LogP contribution in [0.1, 0.15) is 27.0 Å². The largest absolute Gasteiger partial charge is 0.493 e. The molecule has 3 aromatic carbocycles. The standard InChI is InChI=1S/C23H21N3O5/c1-16-3-8-19(9-4-16)23(27)25-24-14-18-7-12-21(30-2)22(13-18)31-15-17-5-10-20(11-6-17)26(28)29/h3-14H,15H2,1-2H3,(H,25,27)/b24-14+. The van der Waals surface area contributed by atoms with Gasteiger partial charge in [-0.25, -0.2) is 5.43 Å². The summed E-state index contributed by atoms with van der Waals surface area (Å²) in [7, 11) is 1.53. The lowest BCUT2D eigenvalue weighted by molar-refractivity contribution is -0.384. The molecule has 0 unspecified atom stereocenters. The van der Waals surface area contributed by atoms with Crippen LogP contribution >= 0.6 is 0 Å². The van der Waals surface area contributed by atoms with E-state index in [0.717, 1.165) is 11.1 Å². The normalized spacial score (nSPS) is 10.6. The van der Waals surface area contributed by atoms with Gasteiger partial charge in [-0.1, -0.05) is 17.7 Å². The summed E-state index contributed by atoms with van der Waals surface area (Å²) in [5.74, 6) is 0.705. The quantitative estimate of drug-likeness (QED) is 0.334. The number of methoxy groups -OCH3 is 1. The van der Waals surface area contributed by atoms with Gasteiger partial charge in [-0.05, 0) is 60.5 Å². The summed E-state index contributed by atoms with van der Waals surface area (Å²) in [6.07, 6.45) is 1.50. The van der Waals surface area contributed by atoms with E-state index in [9.17, 15) is 14.9 Å². The molecule has 31 heavy (non-hydrogen) atoms. The van der Waals surface area contributed by atoms with Crippen LogP contribution in [0.4, 0.5) is 5.69 Å². The van der Waals surface area contributed by atoms with Gasteiger partial charge in [-0.3, -0.25) is 14.9 Å². The van der Waals surface area contributed by atoms with Crippen LogP contribution in [0, 0.1) is 17.0 Å². The van der Waals surface area contributed by atoms with Crippen molar-refractivity contribution >= 4 is 17.8 Å². The van der Waals surface area contributed by atoms with Crippen LogP contribution < -0.4 is 14.9 Å². The first kappa shape index (κ1) is 21.5. The van der Waals surface area contributed by atoms with E-state index >= 15 is 0 Å². The van der Waals surface area contributed by atoms with E-state index in [2.05, 4.69) is 10.5 Å². The zero-order valence-electron chi connectivity index (χ0n) is 17.1. The van der Waals surface area contributed by atoms with Crippen molar-refractivity contribution in [3.8, 4) is 11.5 Å². The number of non-ortho nitro benzene ring substituents is 1. The maximum Gasteiger partial charge on any atom is 0.271 e. The topological polar surface area (TPSA) is 103 Å². The van der Waals surface area contributed by atoms with Crippen molar-refractivity contribution < 1.29 is 19.2 Å². The molecule has 8 heteroatoms. The molecule has 8 nitrogen and oxygen atoms in total. The molecule has 158 valence electrons. The molecule has 0 saturated carbocycles. The molecule has 0 saturated heterocycles. The second-order valence-electron chi connectivity index (χ2n) is 6.69. The zero-order valence-corrected chi connectivity index (χ0v) is 17.1. The molecular formula is C23H21N3O5. The summed E-state index contributed by atoms with van der Waals surface area (Å²) in [6.45, 7) is 2.16. The Balaban J connectivity index is 1.65. The van der Waals surface area contributed by atoms with Gasteiger partial charge in [0.2, 0.25) is 0 Å². The van der Waals surface area contributed by atoms with E-state index in [4.69, 9.17) is 9.47 Å². The van der Waals surface area contributed by atoms with Gasteiger partial charge in [0.1, 0.15) is 6.61 Å². The number of nitrogens with one attached hydrogen (secondary N) is 1. The number of carbonyl (C=O) groups is 1. The number of nitro benzene ring substituents is 1. The average Bonchev–Trinajstić information content (AvgIpc) is 2.78. The number of aryl methyl sites for hydroxylation is 1. The highest BCUT2D eigenvalue weighted by atomic mass is 16.6. The number of hydrazone groups is 1. The number of rotatable bonds is 8. The summed E-state index contributed by atoms with van der Waals surface area (Å²) in [4.78, 5) is 22.4. The van der Waals surface area contributed by atoms with E-state index in [1.807, 2.05) is 19.1 Å². The smallest absolute Gasteiger partial charge is 0.271 e. The lowest BCUT2D eigenvalue weighted by Gasteiger charge is -2.11. The van der Waals surface area contributed by atoms with Crippen LogP contribution in [-0.2, 0) is 6.61 Å². The molecule has 1 N–H and O–H groups in total. The minimum atomic E-state index is -0.450. The van der Waals surface area contributed by atoms with Gasteiger partial charge in [0, 0.05) is 17.7 Å². The van der Waals surface area contributed by atoms with Crippen molar-refractivity contribution in [2.75, 3.05) is 7.11 Å². The lowest BCUT2D eigenvalue weighted by Crippen LogP contribution is -2.17. The summed E-state index contributed by atoms with van der Waals surface area (Å²) in [5.41, 5.74) is 5.57. The Morgan fingerprint density at radius 3 is 2.42 bits per heavy atom. The molecule has 0 atom stereocenters. The van der Waals surface area contributed by atoms with Crippen LogP contribution in [0.25, 0.3) is 0 Å². The summed E-state index contributed by atoms with van der Waals surface area (Å²) in [5, 5.41) is 14.8. The van der Waals surface area contributed by atoms with E-state index in [0.29, 0.717) is 22.6 Å². The highest BCUT2D eigenvalue weighted by molar-refractivity contribution is 5.94. The number of amides is 1. The van der Waals surface area contributed by atoms with E-state index in [-0.39, 0.29) is 18.2 Å². The van der Waals surface area contributed by atoms with Gasteiger partial charge in [0.15, 0.2) is 11.5 Å². The fourth-order valence-corrected chi connectivity index (χ4v) is 2.70. The molecule has 0 aliphatic rings. The van der Waals surface area contributed by atoms with Crippen LogP contribution in [-0.4, -0.2) is 24.2 Å². The summed E-state index contributed by atoms with van der Waals surface area (Å²) >= 11 is 0. The van der Waals surface area contributed by atoms with Crippen LogP contribution in [0.15, 0.2) is 71.8 Å². The molecule has 3 aromatic rings. The number of nitro groups is 1. The van der Waals surface area contributed by atoms with E-state index in [1.165, 1.54) is 25.5 Å². The van der Waals surface area contributed by atoms with Crippen molar-refractivity contribution in [2.24, 2.45) is 5.10 Å². The van der Waals surface area contributed by atoms with Gasteiger partial charge >= 0.3 is 0 Å². The first-order valence-corrected chi connectivity index (χ1v) is 9.40. The van der Waals surface area contributed by atoms with Crippen LogP contribution in [0.5, 0.6) is 11.5 Å². The highest BCUT2D eigenvalue weighted by Gasteiger charge is 2.08. The summed E-state index contributed by atoms with van der Waals surface area (Å²) in [6, 6.07) is 18.5. The van der Waals surface area contributed by atoms with Crippen molar-refractivity contribution in [2.45, 2.75) is 13.5 Å². The number of carbonyl (C=O) groups excluding carboxylic acids is 1. The Hall–Kier alpha value is -4.20. The molecule has 0 bridgehead atoms. The maximum absolute atomic E-state index is 12.1. The number of nitrogens with zero attached hydrogens (tertiary/aromatic N) is 2. The summed E-state index contributed by atoms with van der Waals surface area (Å²) < 4.78 is 11.1. The zero-order chi connectivity index (χ0) is 22.2. The molecule has 1 amide bonds. The Bertz CT molecular complexity index is 1090. The Morgan fingerprint density at radius 2 is 1.77 bits per heavy atom. The van der Waals surface area contributed by atoms with Crippen molar-refractivity contribution in [1.82, 2.24) is 5.43 Å². The Labute approximate surface area is 179 Å². The monoisotopic (exact) mass is 419 g/mol. The molecule has 0 aromatic heterocycles. The minimum absolute atomic E-state index is 0.0206. The van der Waals surface area contributed by atoms with Crippen LogP contribution in [0.3, 0.4) is 0 Å². The molecule has 0 aliphatic heterocycles. The van der Waals surface area contributed by atoms with E-state index < -0.39 is 4.92 Å².